The van der Waals surface area contributed by atoms with Gasteiger partial charge in [0.2, 0.25) is 0 Å². The van der Waals surface area contributed by atoms with Gasteiger partial charge in [-0.05, 0) is 20.4 Å². The van der Waals surface area contributed by atoms with Gasteiger partial charge in [0.15, 0.2) is 5.88 Å². The largest absolute Gasteiger partial charge is 0.448 e. The molecule has 0 spiro atoms. The highest BCUT2D eigenvalue weighted by atomic mass is 16.5. The van der Waals surface area contributed by atoms with Gasteiger partial charge in [0, 0.05) is 12.2 Å². The predicted molar refractivity (Wildman–Crippen MR) is 36.3 cm³/mol. The Hall–Kier alpha value is -0.920. The minimum Gasteiger partial charge on any atom is -0.448 e. The first-order valence-corrected chi connectivity index (χ1v) is 3.02. The first-order valence-electron chi connectivity index (χ1n) is 3.02. The van der Waals surface area contributed by atoms with Gasteiger partial charge in [-0.25, -0.2) is 0 Å². The quantitative estimate of drug-likeness (QED) is 0.528. The maximum Gasteiger partial charge on any atom is 0.192 e. The van der Waals surface area contributed by atoms with Crippen molar-refractivity contribution in [2.45, 2.75) is 19.9 Å². The molecule has 9 heavy (non-hydrogen) atoms. The minimum absolute atomic E-state index is 0.441. The Morgan fingerprint density at radius 2 is 2.33 bits per heavy atom. The number of ether oxygens (including phenoxy) is 1. The fourth-order valence-electron chi connectivity index (χ4n) is 0.779. The second kappa shape index (κ2) is 2.13. The summed E-state index contributed by atoms with van der Waals surface area (Å²) in [6.07, 6.45) is 3.52. The van der Waals surface area contributed by atoms with Gasteiger partial charge in [0.25, 0.3) is 0 Å². The van der Waals surface area contributed by atoms with Crippen LogP contribution in [-0.2, 0) is 4.74 Å². The molecule has 2 nitrogen and oxygen atoms in total. The normalized spacial score (nSPS) is 17.2. The molecule has 1 heterocycles. The van der Waals surface area contributed by atoms with Crippen LogP contribution in [0.5, 0.6) is 0 Å². The molecular formula is C7H11NO. The van der Waals surface area contributed by atoms with Gasteiger partial charge >= 0.3 is 0 Å². The fraction of sp³-hybridized carbons (Fsp3) is 0.429. The Bertz CT molecular complexity index is 149. The molecule has 2 heteroatoms. The highest BCUT2D eigenvalue weighted by Gasteiger charge is 2.12. The van der Waals surface area contributed by atoms with E-state index in [2.05, 4.69) is 20.4 Å². The van der Waals surface area contributed by atoms with Crippen molar-refractivity contribution >= 4 is 0 Å². The third-order valence-corrected chi connectivity index (χ3v) is 1.27. The summed E-state index contributed by atoms with van der Waals surface area (Å²) in [5.74, 6) is 0.713. The minimum atomic E-state index is 0.441. The summed E-state index contributed by atoms with van der Waals surface area (Å²) in [5.41, 5.74) is 0. The van der Waals surface area contributed by atoms with E-state index in [9.17, 15) is 0 Å². The third-order valence-electron chi connectivity index (χ3n) is 1.27. The lowest BCUT2D eigenvalue weighted by Gasteiger charge is -2.18. The molecular weight excluding hydrogens is 114 g/mol. The molecule has 0 bridgehead atoms. The second-order valence-corrected chi connectivity index (χ2v) is 2.30. The lowest BCUT2D eigenvalue weighted by Crippen LogP contribution is -2.21. The first kappa shape index (κ1) is 6.20. The van der Waals surface area contributed by atoms with E-state index < -0.39 is 0 Å². The molecule has 0 aliphatic carbocycles. The average Bonchev–Trinajstić information content (AvgIpc) is 2.13. The van der Waals surface area contributed by atoms with Crippen LogP contribution in [0.2, 0.25) is 0 Å². The van der Waals surface area contributed by atoms with Gasteiger partial charge < -0.3 is 9.64 Å². The summed E-state index contributed by atoms with van der Waals surface area (Å²) in [4.78, 5) is 1.97. The first-order chi connectivity index (χ1) is 4.22. The van der Waals surface area contributed by atoms with Gasteiger partial charge in [0.05, 0.1) is 0 Å². The maximum atomic E-state index is 4.98. The monoisotopic (exact) mass is 125 g/mol. The topological polar surface area (TPSA) is 12.5 Å². The molecule has 1 aliphatic heterocycles. The maximum absolute atomic E-state index is 4.98. The van der Waals surface area contributed by atoms with E-state index in [0.717, 1.165) is 0 Å². The van der Waals surface area contributed by atoms with Crippen molar-refractivity contribution < 1.29 is 4.74 Å². The zero-order chi connectivity index (χ0) is 6.85. The molecule has 1 aliphatic rings. The molecule has 0 radical (unpaired) electrons. The zero-order valence-corrected chi connectivity index (χ0v) is 5.79. The molecule has 0 atom stereocenters. The zero-order valence-electron chi connectivity index (χ0n) is 5.79. The van der Waals surface area contributed by atoms with Crippen molar-refractivity contribution in [3.05, 3.63) is 24.9 Å². The van der Waals surface area contributed by atoms with E-state index >= 15 is 0 Å². The van der Waals surface area contributed by atoms with Crippen LogP contribution in [0.4, 0.5) is 0 Å². The highest BCUT2D eigenvalue weighted by Crippen LogP contribution is 2.15. The molecule has 0 aromatic rings. The summed E-state index contributed by atoms with van der Waals surface area (Å²) in [5, 5.41) is 0. The van der Waals surface area contributed by atoms with Crippen LogP contribution in [0.3, 0.4) is 0 Å². The van der Waals surface area contributed by atoms with Crippen LogP contribution < -0.4 is 0 Å². The van der Waals surface area contributed by atoms with Gasteiger partial charge in [0.1, 0.15) is 6.26 Å². The van der Waals surface area contributed by atoms with Crippen LogP contribution in [0.1, 0.15) is 13.8 Å². The van der Waals surface area contributed by atoms with Crippen LogP contribution in [0.25, 0.3) is 0 Å². The van der Waals surface area contributed by atoms with E-state index in [4.69, 9.17) is 4.74 Å². The van der Waals surface area contributed by atoms with Crippen molar-refractivity contribution in [3.63, 3.8) is 0 Å². The summed E-state index contributed by atoms with van der Waals surface area (Å²) >= 11 is 0. The number of nitrogens with zero attached hydrogens (tertiary/aromatic N) is 1. The van der Waals surface area contributed by atoms with E-state index in [1.165, 1.54) is 0 Å². The molecule has 0 saturated carbocycles. The van der Waals surface area contributed by atoms with Crippen molar-refractivity contribution in [1.29, 1.82) is 0 Å². The van der Waals surface area contributed by atoms with Crippen LogP contribution in [0, 0.1) is 0 Å². The van der Waals surface area contributed by atoms with Crippen LogP contribution >= 0.6 is 0 Å². The van der Waals surface area contributed by atoms with Gasteiger partial charge in [-0.15, -0.1) is 0 Å². The standard InChI is InChI=1S/C7H11NO/c1-6(2)8-4-5-9-7(8)3/h4-6H,3H2,1-2H3. The van der Waals surface area contributed by atoms with E-state index in [1.54, 1.807) is 6.26 Å². The van der Waals surface area contributed by atoms with Gasteiger partial charge in [-0.3, -0.25) is 0 Å². The second-order valence-electron chi connectivity index (χ2n) is 2.30. The number of hydrogen-bond donors (Lipinski definition) is 0. The van der Waals surface area contributed by atoms with Crippen molar-refractivity contribution in [3.8, 4) is 0 Å². The fourth-order valence-corrected chi connectivity index (χ4v) is 0.779. The number of rotatable bonds is 1. The molecule has 0 unspecified atom stereocenters. The molecule has 0 amide bonds. The summed E-state index contributed by atoms with van der Waals surface area (Å²) < 4.78 is 4.98. The Morgan fingerprint density at radius 1 is 1.67 bits per heavy atom. The van der Waals surface area contributed by atoms with Crippen molar-refractivity contribution in [2.75, 3.05) is 0 Å². The Balaban J connectivity index is 2.59. The highest BCUT2D eigenvalue weighted by molar-refractivity contribution is 5.01. The smallest absolute Gasteiger partial charge is 0.192 e. The Kier molecular flexibility index (Phi) is 1.47. The van der Waals surface area contributed by atoms with Gasteiger partial charge in [-0.2, -0.15) is 0 Å². The molecule has 0 N–H and O–H groups in total. The molecule has 0 aromatic carbocycles. The third kappa shape index (κ3) is 1.07. The number of hydrogen-bond acceptors (Lipinski definition) is 2. The lowest BCUT2D eigenvalue weighted by molar-refractivity contribution is 0.248. The molecule has 0 saturated heterocycles. The molecule has 50 valence electrons. The SMILES string of the molecule is C=C1OC=CN1C(C)C. The Labute approximate surface area is 55.4 Å². The van der Waals surface area contributed by atoms with Crippen LogP contribution in [0.15, 0.2) is 24.9 Å². The lowest BCUT2D eigenvalue weighted by atomic mass is 10.3. The summed E-state index contributed by atoms with van der Waals surface area (Å²) in [6.45, 7) is 7.87. The predicted octanol–water partition coefficient (Wildman–Crippen LogP) is 1.67. The molecule has 0 fully saturated rings. The van der Waals surface area contributed by atoms with E-state index in [-0.39, 0.29) is 0 Å². The van der Waals surface area contributed by atoms with Crippen LogP contribution in [-0.4, -0.2) is 10.9 Å². The van der Waals surface area contributed by atoms with Gasteiger partial charge in [-0.1, -0.05) is 0 Å². The summed E-state index contributed by atoms with van der Waals surface area (Å²) in [7, 11) is 0. The molecule has 1 rings (SSSR count). The van der Waals surface area contributed by atoms with Crippen molar-refractivity contribution in [2.24, 2.45) is 0 Å². The summed E-state index contributed by atoms with van der Waals surface area (Å²) in [6, 6.07) is 0.441. The Morgan fingerprint density at radius 3 is 2.56 bits per heavy atom. The average molecular weight is 125 g/mol. The van der Waals surface area contributed by atoms with E-state index in [1.807, 2.05) is 11.1 Å². The molecule has 0 aromatic heterocycles. The van der Waals surface area contributed by atoms with Crippen molar-refractivity contribution in [1.82, 2.24) is 4.90 Å². The van der Waals surface area contributed by atoms with E-state index in [0.29, 0.717) is 11.9 Å².